The maximum atomic E-state index is 13.4. The highest BCUT2D eigenvalue weighted by Gasteiger charge is 2.34. The first-order valence-electron chi connectivity index (χ1n) is 11.4. The number of rotatable bonds is 5. The van der Waals surface area contributed by atoms with Gasteiger partial charge in [0.05, 0.1) is 17.5 Å². The maximum absolute atomic E-state index is 13.4. The lowest BCUT2D eigenvalue weighted by molar-refractivity contribution is -0.140. The monoisotopic (exact) mass is 500 g/mol. The largest absolute Gasteiger partial charge is 0.433 e. The van der Waals surface area contributed by atoms with Crippen molar-refractivity contribution in [2.75, 3.05) is 5.32 Å². The molecule has 0 aliphatic heterocycles. The van der Waals surface area contributed by atoms with Crippen LogP contribution in [0.5, 0.6) is 0 Å². The van der Waals surface area contributed by atoms with Crippen molar-refractivity contribution in [3.63, 3.8) is 0 Å². The Morgan fingerprint density at radius 1 is 1.17 bits per heavy atom. The number of alkyl halides is 3. The molecule has 1 saturated carbocycles. The van der Waals surface area contributed by atoms with E-state index >= 15 is 0 Å². The highest BCUT2D eigenvalue weighted by Crippen LogP contribution is 2.35. The molecule has 35 heavy (non-hydrogen) atoms. The van der Waals surface area contributed by atoms with E-state index in [0.29, 0.717) is 28.1 Å². The molecule has 1 aliphatic carbocycles. The molecule has 2 N–H and O–H groups in total. The Morgan fingerprint density at radius 2 is 1.94 bits per heavy atom. The van der Waals surface area contributed by atoms with Gasteiger partial charge in [0.2, 0.25) is 0 Å². The van der Waals surface area contributed by atoms with Crippen molar-refractivity contribution in [1.29, 1.82) is 5.26 Å². The van der Waals surface area contributed by atoms with Gasteiger partial charge in [-0.1, -0.05) is 23.7 Å². The molecule has 0 radical (unpaired) electrons. The molecule has 0 saturated heterocycles. The molecular formula is C26H24ClF3N4O. The Morgan fingerprint density at radius 3 is 2.69 bits per heavy atom. The Labute approximate surface area is 206 Å². The molecule has 4 rings (SSSR count). The Kier molecular flexibility index (Phi) is 7.18. The fourth-order valence-electron chi connectivity index (χ4n) is 4.43. The number of hydrogen-bond acceptors (Lipinski definition) is 4. The van der Waals surface area contributed by atoms with Crippen molar-refractivity contribution in [1.82, 2.24) is 10.3 Å². The number of carbonyl (C=O) groups excluding carboxylic acids is 1. The average molecular weight is 501 g/mol. The van der Waals surface area contributed by atoms with Crippen LogP contribution in [0.25, 0.3) is 10.9 Å². The number of halogens is 4. The number of benzene rings is 2. The smallest absolute Gasteiger partial charge is 0.382 e. The summed E-state index contributed by atoms with van der Waals surface area (Å²) in [5.74, 6) is -0.556. The van der Waals surface area contributed by atoms with Crippen molar-refractivity contribution in [2.45, 2.75) is 56.8 Å². The predicted molar refractivity (Wildman–Crippen MR) is 129 cm³/mol. The van der Waals surface area contributed by atoms with Gasteiger partial charge >= 0.3 is 6.18 Å². The van der Waals surface area contributed by atoms with Crippen LogP contribution in [-0.2, 0) is 6.18 Å². The van der Waals surface area contributed by atoms with Crippen molar-refractivity contribution in [3.8, 4) is 6.07 Å². The van der Waals surface area contributed by atoms with Gasteiger partial charge in [0, 0.05) is 33.7 Å². The standard InChI is InChI=1S/C26H24ClF3N4O/c1-15(14-31)16-4-2-5-17(10-16)25(35)33-20-7-3-6-19(12-20)32-23-13-24(26(28,29)30)34-22-9-8-18(27)11-21(22)23/h2,4-5,8-11,13,15,19-20H,3,6-7,12H2,1H3,(H,32,34)(H,33,35)/t15?,19-,20+/m0/s1. The van der Waals surface area contributed by atoms with Gasteiger partial charge in [-0.05, 0) is 74.6 Å². The van der Waals surface area contributed by atoms with E-state index in [-0.39, 0.29) is 29.4 Å². The van der Waals surface area contributed by atoms with Crippen LogP contribution in [0, 0.1) is 11.3 Å². The van der Waals surface area contributed by atoms with E-state index in [0.717, 1.165) is 30.9 Å². The van der Waals surface area contributed by atoms with Gasteiger partial charge in [0.25, 0.3) is 5.91 Å². The number of amides is 1. The van der Waals surface area contributed by atoms with E-state index in [1.54, 1.807) is 31.2 Å². The molecule has 1 fully saturated rings. The van der Waals surface area contributed by atoms with E-state index in [9.17, 15) is 18.0 Å². The molecule has 0 bridgehead atoms. The third-order valence-corrected chi connectivity index (χ3v) is 6.51. The summed E-state index contributed by atoms with van der Waals surface area (Å²) >= 11 is 6.10. The third-order valence-electron chi connectivity index (χ3n) is 6.27. The zero-order valence-electron chi connectivity index (χ0n) is 19.0. The number of nitrogens with zero attached hydrogens (tertiary/aromatic N) is 2. The first-order chi connectivity index (χ1) is 16.6. The van der Waals surface area contributed by atoms with Gasteiger partial charge in [-0.2, -0.15) is 18.4 Å². The highest BCUT2D eigenvalue weighted by molar-refractivity contribution is 6.31. The van der Waals surface area contributed by atoms with E-state index in [1.807, 2.05) is 6.07 Å². The van der Waals surface area contributed by atoms with Gasteiger partial charge in [0.15, 0.2) is 0 Å². The summed E-state index contributed by atoms with van der Waals surface area (Å²) in [5, 5.41) is 16.4. The van der Waals surface area contributed by atoms with Crippen molar-refractivity contribution < 1.29 is 18.0 Å². The second-order valence-electron chi connectivity index (χ2n) is 8.87. The van der Waals surface area contributed by atoms with Crippen LogP contribution in [-0.4, -0.2) is 23.0 Å². The second-order valence-corrected chi connectivity index (χ2v) is 9.31. The number of hydrogen-bond donors (Lipinski definition) is 2. The van der Waals surface area contributed by atoms with E-state index in [1.165, 1.54) is 12.1 Å². The summed E-state index contributed by atoms with van der Waals surface area (Å²) in [4.78, 5) is 16.6. The number of aromatic nitrogens is 1. The molecule has 3 atom stereocenters. The predicted octanol–water partition coefficient (Wildman–Crippen LogP) is 6.69. The molecule has 3 aromatic rings. The number of nitrogens with one attached hydrogen (secondary N) is 2. The van der Waals surface area contributed by atoms with Crippen LogP contribution in [0.3, 0.4) is 0 Å². The average Bonchev–Trinajstić information content (AvgIpc) is 2.83. The van der Waals surface area contributed by atoms with Gasteiger partial charge in [0.1, 0.15) is 5.69 Å². The summed E-state index contributed by atoms with van der Waals surface area (Å²) < 4.78 is 40.3. The summed E-state index contributed by atoms with van der Waals surface area (Å²) in [7, 11) is 0. The molecule has 9 heteroatoms. The van der Waals surface area contributed by atoms with E-state index in [2.05, 4.69) is 21.7 Å². The van der Waals surface area contributed by atoms with Gasteiger partial charge in [-0.15, -0.1) is 0 Å². The minimum absolute atomic E-state index is 0.135. The normalized spacial score (nSPS) is 19.1. The zero-order chi connectivity index (χ0) is 25.2. The highest BCUT2D eigenvalue weighted by atomic mass is 35.5. The van der Waals surface area contributed by atoms with Crippen LogP contribution in [0.2, 0.25) is 5.02 Å². The lowest BCUT2D eigenvalue weighted by atomic mass is 9.90. The second kappa shape index (κ2) is 10.1. The molecular weight excluding hydrogens is 477 g/mol. The number of carbonyl (C=O) groups is 1. The lowest BCUT2D eigenvalue weighted by Crippen LogP contribution is -2.41. The number of pyridine rings is 1. The molecule has 1 aliphatic rings. The van der Waals surface area contributed by atoms with Gasteiger partial charge in [-0.3, -0.25) is 4.79 Å². The van der Waals surface area contributed by atoms with Crippen LogP contribution in [0.4, 0.5) is 18.9 Å². The topological polar surface area (TPSA) is 77.8 Å². The summed E-state index contributed by atoms with van der Waals surface area (Å²) in [6.07, 6.45) is -1.68. The maximum Gasteiger partial charge on any atom is 0.433 e. The fraction of sp³-hybridized carbons (Fsp3) is 0.346. The van der Waals surface area contributed by atoms with E-state index < -0.39 is 11.9 Å². The molecule has 1 aromatic heterocycles. The Bertz CT molecular complexity index is 1290. The summed E-state index contributed by atoms with van der Waals surface area (Å²) in [6.45, 7) is 1.77. The molecule has 182 valence electrons. The van der Waals surface area contributed by atoms with Crippen LogP contribution >= 0.6 is 11.6 Å². The quantitative estimate of drug-likeness (QED) is 0.409. The fourth-order valence-corrected chi connectivity index (χ4v) is 4.60. The van der Waals surface area contributed by atoms with Crippen LogP contribution < -0.4 is 10.6 Å². The minimum atomic E-state index is -4.58. The molecule has 1 heterocycles. The number of fused-ring (bicyclic) bond motifs is 1. The first kappa shape index (κ1) is 24.8. The van der Waals surface area contributed by atoms with Crippen molar-refractivity contribution in [2.24, 2.45) is 0 Å². The summed E-state index contributed by atoms with van der Waals surface area (Å²) in [5.41, 5.74) is 0.803. The van der Waals surface area contributed by atoms with Gasteiger partial charge in [-0.25, -0.2) is 4.98 Å². The molecule has 0 spiro atoms. The lowest BCUT2D eigenvalue weighted by Gasteiger charge is -2.31. The van der Waals surface area contributed by atoms with Crippen LogP contribution in [0.15, 0.2) is 48.5 Å². The van der Waals surface area contributed by atoms with Gasteiger partial charge < -0.3 is 10.6 Å². The van der Waals surface area contributed by atoms with Crippen molar-refractivity contribution >= 4 is 34.1 Å². The molecule has 1 amide bonds. The SMILES string of the molecule is CC(C#N)c1cccc(C(=O)N[C@@H]2CCC[C@H](Nc3cc(C(F)(F)F)nc4ccc(Cl)cc34)C2)c1. The molecule has 1 unspecified atom stereocenters. The van der Waals surface area contributed by atoms with E-state index in [4.69, 9.17) is 16.9 Å². The number of nitriles is 1. The third kappa shape index (κ3) is 5.85. The number of anilines is 1. The van der Waals surface area contributed by atoms with Crippen molar-refractivity contribution in [3.05, 3.63) is 70.4 Å². The first-order valence-corrected chi connectivity index (χ1v) is 11.8. The minimum Gasteiger partial charge on any atom is -0.382 e. The Hall–Kier alpha value is -3.31. The molecule has 2 aromatic carbocycles. The summed E-state index contributed by atoms with van der Waals surface area (Å²) in [6, 6.07) is 14.5. The Balaban J connectivity index is 1.51. The zero-order valence-corrected chi connectivity index (χ0v) is 19.7. The molecule has 5 nitrogen and oxygen atoms in total. The van der Waals surface area contributed by atoms with Crippen LogP contribution in [0.1, 0.15) is 60.1 Å².